The molecule has 0 saturated carbocycles. The standard InChI is InChI=1S/C16H19Cl2N3O2/c17-13-4-3-11(8-14(13)18)21-7-5-12(16(21)23)15(22)20-10-2-1-6-19-9-10/h3-4,8,10,12,19H,1-2,5-7,9H2,(H,20,22)/t10-,12?/m0/s1. The average molecular weight is 356 g/mol. The van der Waals surface area contributed by atoms with Crippen molar-refractivity contribution in [1.29, 1.82) is 0 Å². The van der Waals surface area contributed by atoms with Crippen LogP contribution in [0.2, 0.25) is 10.0 Å². The molecule has 2 aliphatic rings. The van der Waals surface area contributed by atoms with Crippen LogP contribution >= 0.6 is 23.2 Å². The quantitative estimate of drug-likeness (QED) is 0.817. The van der Waals surface area contributed by atoms with E-state index in [1.807, 2.05) is 0 Å². The van der Waals surface area contributed by atoms with Gasteiger partial charge in [-0.1, -0.05) is 23.2 Å². The highest BCUT2D eigenvalue weighted by Crippen LogP contribution is 2.31. The lowest BCUT2D eigenvalue weighted by Crippen LogP contribution is -2.48. The van der Waals surface area contributed by atoms with E-state index < -0.39 is 5.92 Å². The summed E-state index contributed by atoms with van der Waals surface area (Å²) in [6, 6.07) is 5.18. The van der Waals surface area contributed by atoms with Crippen molar-refractivity contribution < 1.29 is 9.59 Å². The van der Waals surface area contributed by atoms with Crippen molar-refractivity contribution in [2.45, 2.75) is 25.3 Å². The number of nitrogens with zero attached hydrogens (tertiary/aromatic N) is 1. The monoisotopic (exact) mass is 355 g/mol. The van der Waals surface area contributed by atoms with Gasteiger partial charge in [0.1, 0.15) is 5.92 Å². The number of carbonyl (C=O) groups excluding carboxylic acids is 2. The molecule has 1 aromatic rings. The predicted octanol–water partition coefficient (Wildman–Crippen LogP) is 2.21. The van der Waals surface area contributed by atoms with Gasteiger partial charge in [0.25, 0.3) is 0 Å². The van der Waals surface area contributed by atoms with Crippen LogP contribution in [0, 0.1) is 5.92 Å². The summed E-state index contributed by atoms with van der Waals surface area (Å²) in [6.07, 6.45) is 2.51. The summed E-state index contributed by atoms with van der Waals surface area (Å²) in [5, 5.41) is 7.09. The number of nitrogens with one attached hydrogen (secondary N) is 2. The molecule has 124 valence electrons. The smallest absolute Gasteiger partial charge is 0.239 e. The average Bonchev–Trinajstić information content (AvgIpc) is 2.93. The normalized spacial score (nSPS) is 24.8. The first-order valence-electron chi connectivity index (χ1n) is 7.84. The first kappa shape index (κ1) is 16.6. The van der Waals surface area contributed by atoms with E-state index in [1.165, 1.54) is 0 Å². The van der Waals surface area contributed by atoms with Crippen LogP contribution in [0.5, 0.6) is 0 Å². The van der Waals surface area contributed by atoms with Gasteiger partial charge in [0.2, 0.25) is 11.8 Å². The van der Waals surface area contributed by atoms with Gasteiger partial charge in [0.05, 0.1) is 10.0 Å². The van der Waals surface area contributed by atoms with Gasteiger partial charge >= 0.3 is 0 Å². The Morgan fingerprint density at radius 3 is 2.78 bits per heavy atom. The van der Waals surface area contributed by atoms with Crippen molar-refractivity contribution in [3.05, 3.63) is 28.2 Å². The van der Waals surface area contributed by atoms with Crippen molar-refractivity contribution >= 4 is 40.7 Å². The van der Waals surface area contributed by atoms with Gasteiger partial charge in [0, 0.05) is 24.8 Å². The fourth-order valence-electron chi connectivity index (χ4n) is 3.11. The predicted molar refractivity (Wildman–Crippen MR) is 91.0 cm³/mol. The fourth-order valence-corrected chi connectivity index (χ4v) is 3.40. The summed E-state index contributed by atoms with van der Waals surface area (Å²) < 4.78 is 0. The number of halogens is 2. The Balaban J connectivity index is 1.65. The summed E-state index contributed by atoms with van der Waals surface area (Å²) >= 11 is 11.9. The minimum atomic E-state index is -0.619. The number of piperidine rings is 1. The molecule has 0 spiro atoms. The largest absolute Gasteiger partial charge is 0.351 e. The molecule has 2 saturated heterocycles. The molecule has 0 aromatic heterocycles. The van der Waals surface area contributed by atoms with Gasteiger partial charge in [-0.05, 0) is 44.0 Å². The van der Waals surface area contributed by atoms with Crippen molar-refractivity contribution in [2.24, 2.45) is 5.92 Å². The number of carbonyl (C=O) groups is 2. The van der Waals surface area contributed by atoms with Crippen LogP contribution in [-0.2, 0) is 9.59 Å². The third-order valence-electron chi connectivity index (χ3n) is 4.38. The Labute approximate surface area is 145 Å². The highest BCUT2D eigenvalue weighted by Gasteiger charge is 2.38. The van der Waals surface area contributed by atoms with E-state index in [9.17, 15) is 9.59 Å². The molecule has 2 N–H and O–H groups in total. The number of anilines is 1. The number of rotatable bonds is 3. The van der Waals surface area contributed by atoms with E-state index in [2.05, 4.69) is 10.6 Å². The van der Waals surface area contributed by atoms with Crippen LogP contribution in [0.25, 0.3) is 0 Å². The number of hydrogen-bond acceptors (Lipinski definition) is 3. The van der Waals surface area contributed by atoms with Gasteiger partial charge in [-0.2, -0.15) is 0 Å². The van der Waals surface area contributed by atoms with Crippen molar-refractivity contribution in [3.8, 4) is 0 Å². The van der Waals surface area contributed by atoms with Gasteiger partial charge in [-0.3, -0.25) is 9.59 Å². The topological polar surface area (TPSA) is 61.4 Å². The van der Waals surface area contributed by atoms with E-state index in [0.29, 0.717) is 28.7 Å². The molecule has 0 aliphatic carbocycles. The maximum atomic E-state index is 12.6. The van der Waals surface area contributed by atoms with Crippen LogP contribution in [-0.4, -0.2) is 37.5 Å². The summed E-state index contributed by atoms with van der Waals surface area (Å²) in [5.41, 5.74) is 0.680. The summed E-state index contributed by atoms with van der Waals surface area (Å²) in [5.74, 6) is -0.970. The molecule has 2 fully saturated rings. The van der Waals surface area contributed by atoms with Gasteiger partial charge in [0.15, 0.2) is 0 Å². The third-order valence-corrected chi connectivity index (χ3v) is 5.12. The number of amides is 2. The highest BCUT2D eigenvalue weighted by atomic mass is 35.5. The Morgan fingerprint density at radius 2 is 2.09 bits per heavy atom. The maximum Gasteiger partial charge on any atom is 0.239 e. The van der Waals surface area contributed by atoms with Crippen molar-refractivity contribution in [2.75, 3.05) is 24.5 Å². The molecule has 2 atom stereocenters. The van der Waals surface area contributed by atoms with Gasteiger partial charge in [-0.25, -0.2) is 0 Å². The maximum absolute atomic E-state index is 12.6. The molecular formula is C16H19Cl2N3O2. The Kier molecular flexibility index (Phi) is 5.09. The number of hydrogen-bond donors (Lipinski definition) is 2. The zero-order chi connectivity index (χ0) is 16.4. The first-order valence-corrected chi connectivity index (χ1v) is 8.59. The molecular weight excluding hydrogens is 337 g/mol. The summed E-state index contributed by atoms with van der Waals surface area (Å²) in [7, 11) is 0. The van der Waals surface area contributed by atoms with Crippen LogP contribution in [0.1, 0.15) is 19.3 Å². The summed E-state index contributed by atoms with van der Waals surface area (Å²) in [6.45, 7) is 2.26. The van der Waals surface area contributed by atoms with E-state index in [1.54, 1.807) is 23.1 Å². The Bertz CT molecular complexity index is 617. The lowest BCUT2D eigenvalue weighted by Gasteiger charge is -2.25. The van der Waals surface area contributed by atoms with Crippen molar-refractivity contribution in [3.63, 3.8) is 0 Å². The van der Waals surface area contributed by atoms with Gasteiger partial charge < -0.3 is 15.5 Å². The molecule has 0 bridgehead atoms. The Morgan fingerprint density at radius 1 is 1.26 bits per heavy atom. The lowest BCUT2D eigenvalue weighted by atomic mass is 10.0. The second kappa shape index (κ2) is 7.07. The van der Waals surface area contributed by atoms with Crippen LogP contribution in [0.15, 0.2) is 18.2 Å². The Hall–Kier alpha value is -1.30. The minimum absolute atomic E-state index is 0.114. The molecule has 1 unspecified atom stereocenters. The second-order valence-electron chi connectivity index (χ2n) is 5.98. The molecule has 7 heteroatoms. The zero-order valence-corrected chi connectivity index (χ0v) is 14.2. The molecule has 1 aromatic carbocycles. The fraction of sp³-hybridized carbons (Fsp3) is 0.500. The van der Waals surface area contributed by atoms with E-state index in [0.717, 1.165) is 25.9 Å². The third kappa shape index (κ3) is 3.62. The second-order valence-corrected chi connectivity index (χ2v) is 6.80. The van der Waals surface area contributed by atoms with Gasteiger partial charge in [-0.15, -0.1) is 0 Å². The molecule has 2 amide bonds. The SMILES string of the molecule is O=C(N[C@H]1CCCNC1)C1CCN(c2ccc(Cl)c(Cl)c2)C1=O. The molecule has 3 rings (SSSR count). The lowest BCUT2D eigenvalue weighted by molar-refractivity contribution is -0.132. The minimum Gasteiger partial charge on any atom is -0.351 e. The van der Waals surface area contributed by atoms with E-state index in [-0.39, 0.29) is 17.9 Å². The highest BCUT2D eigenvalue weighted by molar-refractivity contribution is 6.42. The van der Waals surface area contributed by atoms with Crippen molar-refractivity contribution in [1.82, 2.24) is 10.6 Å². The first-order chi connectivity index (χ1) is 11.1. The molecule has 0 radical (unpaired) electrons. The van der Waals surface area contributed by atoms with Crippen LogP contribution in [0.4, 0.5) is 5.69 Å². The van der Waals surface area contributed by atoms with Crippen LogP contribution in [0.3, 0.4) is 0 Å². The number of benzene rings is 1. The molecule has 2 aliphatic heterocycles. The zero-order valence-electron chi connectivity index (χ0n) is 12.6. The van der Waals surface area contributed by atoms with E-state index in [4.69, 9.17) is 23.2 Å². The molecule has 2 heterocycles. The molecule has 23 heavy (non-hydrogen) atoms. The summed E-state index contributed by atoms with van der Waals surface area (Å²) in [4.78, 5) is 26.5. The van der Waals surface area contributed by atoms with E-state index >= 15 is 0 Å². The van der Waals surface area contributed by atoms with Crippen LogP contribution < -0.4 is 15.5 Å². The molecule has 5 nitrogen and oxygen atoms in total.